The summed E-state index contributed by atoms with van der Waals surface area (Å²) in [6.45, 7) is 0. The van der Waals surface area contributed by atoms with Crippen molar-refractivity contribution in [3.8, 4) is 0 Å². The monoisotopic (exact) mass is 270 g/mol. The lowest BCUT2D eigenvalue weighted by Gasteiger charge is -2.02. The highest BCUT2D eigenvalue weighted by Gasteiger charge is 2.08. The molecule has 0 aliphatic rings. The first-order valence-corrected chi connectivity index (χ1v) is 6.09. The highest BCUT2D eigenvalue weighted by atomic mass is 32.2. The van der Waals surface area contributed by atoms with Gasteiger partial charge in [0.25, 0.3) is 10.1 Å². The van der Waals surface area contributed by atoms with E-state index in [0.29, 0.717) is 5.69 Å². The Kier molecular flexibility index (Phi) is 4.18. The molecule has 0 heterocycles. The topological polar surface area (TPSA) is 127 Å². The van der Waals surface area contributed by atoms with Gasteiger partial charge in [-0.25, -0.2) is 0 Å². The Labute approximate surface area is 103 Å². The third kappa shape index (κ3) is 4.36. The zero-order valence-electron chi connectivity index (χ0n) is 9.03. The van der Waals surface area contributed by atoms with E-state index in [9.17, 15) is 18.0 Å². The van der Waals surface area contributed by atoms with E-state index in [4.69, 9.17) is 10.3 Å². The summed E-state index contributed by atoms with van der Waals surface area (Å²) in [5.41, 5.74) is 5.11. The van der Waals surface area contributed by atoms with Crippen molar-refractivity contribution >= 4 is 27.6 Å². The molecule has 7 nitrogen and oxygen atoms in total. The molecule has 0 saturated carbocycles. The molecule has 96 valence electrons. The average Bonchev–Trinajstić information content (AvgIpc) is 2.26. The average molecular weight is 270 g/mol. The van der Waals surface area contributed by atoms with Crippen LogP contribution in [0.4, 0.5) is 5.69 Å². The predicted octanol–water partition coefficient (Wildman–Crippen LogP) is -0.0867. The second kappa shape index (κ2) is 5.43. The molecule has 0 atom stereocenters. The third-order valence-electron chi connectivity index (χ3n) is 1.82. The fourth-order valence-corrected chi connectivity index (χ4v) is 1.53. The van der Waals surface area contributed by atoms with Crippen LogP contribution in [0.15, 0.2) is 41.3 Å². The molecule has 0 fully saturated rings. The molecule has 0 bridgehead atoms. The number of anilines is 1. The summed E-state index contributed by atoms with van der Waals surface area (Å²) < 4.78 is 30.2. The van der Waals surface area contributed by atoms with Gasteiger partial charge in [0.2, 0.25) is 11.8 Å². The maximum atomic E-state index is 11.2. The van der Waals surface area contributed by atoms with E-state index in [1.165, 1.54) is 12.1 Å². The van der Waals surface area contributed by atoms with Crippen LogP contribution in [0.3, 0.4) is 0 Å². The second-order valence-corrected chi connectivity index (χ2v) is 4.65. The number of amides is 2. The molecular formula is C10H10N2O5S. The van der Waals surface area contributed by atoms with Gasteiger partial charge in [-0.05, 0) is 24.3 Å². The van der Waals surface area contributed by atoms with Gasteiger partial charge in [0, 0.05) is 17.8 Å². The number of rotatable bonds is 4. The molecule has 0 radical (unpaired) electrons. The standard InChI is InChI=1S/C10H10N2O5S/c11-9(13)5-6-10(14)12-7-1-3-8(4-2-7)18(15,16)17/h1-6H,(H2,11,13)(H,12,14)(H,15,16,17). The summed E-state index contributed by atoms with van der Waals surface area (Å²) in [6.07, 6.45) is 1.83. The van der Waals surface area contributed by atoms with Crippen molar-refractivity contribution in [1.82, 2.24) is 0 Å². The number of carbonyl (C=O) groups is 2. The number of carbonyl (C=O) groups excluding carboxylic acids is 2. The normalized spacial score (nSPS) is 11.4. The number of nitrogens with one attached hydrogen (secondary N) is 1. The van der Waals surface area contributed by atoms with Crippen molar-refractivity contribution in [2.45, 2.75) is 4.90 Å². The van der Waals surface area contributed by atoms with Gasteiger partial charge >= 0.3 is 0 Å². The first kappa shape index (κ1) is 13.9. The Morgan fingerprint density at radius 1 is 1.17 bits per heavy atom. The van der Waals surface area contributed by atoms with E-state index >= 15 is 0 Å². The highest BCUT2D eigenvalue weighted by molar-refractivity contribution is 7.85. The van der Waals surface area contributed by atoms with Crippen LogP contribution in [0, 0.1) is 0 Å². The lowest BCUT2D eigenvalue weighted by Crippen LogP contribution is -2.11. The molecule has 0 aliphatic carbocycles. The van der Waals surface area contributed by atoms with E-state index in [2.05, 4.69) is 5.32 Å². The van der Waals surface area contributed by atoms with Crippen LogP contribution in [0.2, 0.25) is 0 Å². The number of primary amides is 1. The number of nitrogens with two attached hydrogens (primary N) is 1. The minimum absolute atomic E-state index is 0.284. The SMILES string of the molecule is NC(=O)C=CC(=O)Nc1ccc(S(=O)(=O)O)cc1. The molecule has 2 amide bonds. The van der Waals surface area contributed by atoms with Gasteiger partial charge in [0.05, 0.1) is 4.90 Å². The van der Waals surface area contributed by atoms with Crippen LogP contribution in [0.1, 0.15) is 0 Å². The van der Waals surface area contributed by atoms with Gasteiger partial charge in [0.15, 0.2) is 0 Å². The zero-order valence-corrected chi connectivity index (χ0v) is 9.85. The fraction of sp³-hybridized carbons (Fsp3) is 0. The Hall–Kier alpha value is -2.19. The minimum atomic E-state index is -4.26. The van der Waals surface area contributed by atoms with E-state index in [1.54, 1.807) is 0 Å². The molecule has 1 aromatic rings. The van der Waals surface area contributed by atoms with Crippen molar-refractivity contribution in [3.63, 3.8) is 0 Å². The summed E-state index contributed by atoms with van der Waals surface area (Å²) in [5.74, 6) is -1.35. The van der Waals surface area contributed by atoms with Gasteiger partial charge in [-0.2, -0.15) is 8.42 Å². The van der Waals surface area contributed by atoms with E-state index in [-0.39, 0.29) is 4.90 Å². The van der Waals surface area contributed by atoms with Crippen molar-refractivity contribution in [2.75, 3.05) is 5.32 Å². The Morgan fingerprint density at radius 2 is 1.72 bits per heavy atom. The van der Waals surface area contributed by atoms with Crippen molar-refractivity contribution in [1.29, 1.82) is 0 Å². The molecular weight excluding hydrogens is 260 g/mol. The van der Waals surface area contributed by atoms with Crippen LogP contribution >= 0.6 is 0 Å². The molecule has 0 aromatic heterocycles. The lowest BCUT2D eigenvalue weighted by atomic mass is 10.3. The molecule has 0 aliphatic heterocycles. The Morgan fingerprint density at radius 3 is 2.17 bits per heavy atom. The minimum Gasteiger partial charge on any atom is -0.366 e. The number of hydrogen-bond donors (Lipinski definition) is 3. The maximum absolute atomic E-state index is 11.2. The van der Waals surface area contributed by atoms with Crippen LogP contribution in [-0.4, -0.2) is 24.8 Å². The second-order valence-electron chi connectivity index (χ2n) is 3.22. The molecule has 1 aromatic carbocycles. The van der Waals surface area contributed by atoms with Crippen LogP contribution in [0.25, 0.3) is 0 Å². The highest BCUT2D eigenvalue weighted by Crippen LogP contribution is 2.13. The number of hydrogen-bond acceptors (Lipinski definition) is 4. The van der Waals surface area contributed by atoms with Crippen molar-refractivity contribution in [3.05, 3.63) is 36.4 Å². The van der Waals surface area contributed by atoms with Crippen molar-refractivity contribution in [2.24, 2.45) is 5.73 Å². The smallest absolute Gasteiger partial charge is 0.294 e. The summed E-state index contributed by atoms with van der Waals surface area (Å²) in [4.78, 5) is 21.3. The van der Waals surface area contributed by atoms with Gasteiger partial charge in [-0.15, -0.1) is 0 Å². The Balaban J connectivity index is 2.76. The zero-order chi connectivity index (χ0) is 13.8. The van der Waals surface area contributed by atoms with E-state index < -0.39 is 21.9 Å². The summed E-state index contributed by atoms with van der Waals surface area (Å²) >= 11 is 0. The molecule has 0 unspecified atom stereocenters. The molecule has 8 heteroatoms. The van der Waals surface area contributed by atoms with Crippen molar-refractivity contribution < 1.29 is 22.6 Å². The molecule has 0 saturated heterocycles. The Bertz CT molecular complexity index is 589. The van der Waals surface area contributed by atoms with E-state index in [0.717, 1.165) is 24.3 Å². The molecule has 18 heavy (non-hydrogen) atoms. The molecule has 0 spiro atoms. The van der Waals surface area contributed by atoms with Gasteiger partial charge in [0.1, 0.15) is 0 Å². The van der Waals surface area contributed by atoms with Gasteiger partial charge in [-0.3, -0.25) is 14.1 Å². The number of benzene rings is 1. The summed E-state index contributed by atoms with van der Waals surface area (Å²) in [6, 6.07) is 4.84. The summed E-state index contributed by atoms with van der Waals surface area (Å²) in [7, 11) is -4.26. The van der Waals surface area contributed by atoms with E-state index in [1.807, 2.05) is 0 Å². The van der Waals surface area contributed by atoms with Crippen LogP contribution in [0.5, 0.6) is 0 Å². The lowest BCUT2D eigenvalue weighted by molar-refractivity contribution is -0.115. The summed E-state index contributed by atoms with van der Waals surface area (Å²) in [5, 5.41) is 2.37. The largest absolute Gasteiger partial charge is 0.366 e. The first-order valence-electron chi connectivity index (χ1n) is 4.65. The fourth-order valence-electron chi connectivity index (χ4n) is 1.05. The quantitative estimate of drug-likeness (QED) is 0.520. The predicted molar refractivity (Wildman–Crippen MR) is 63.2 cm³/mol. The van der Waals surface area contributed by atoms with Crippen LogP contribution in [-0.2, 0) is 19.7 Å². The van der Waals surface area contributed by atoms with Gasteiger partial charge < -0.3 is 11.1 Å². The molecule has 4 N–H and O–H groups in total. The van der Waals surface area contributed by atoms with Gasteiger partial charge in [-0.1, -0.05) is 0 Å². The third-order valence-corrected chi connectivity index (χ3v) is 2.69. The van der Waals surface area contributed by atoms with Crippen LogP contribution < -0.4 is 11.1 Å². The first-order chi connectivity index (χ1) is 8.29. The molecule has 1 rings (SSSR count). The maximum Gasteiger partial charge on any atom is 0.294 e.